The Hall–Kier alpha value is -1.60. The summed E-state index contributed by atoms with van der Waals surface area (Å²) in [5.74, 6) is -0.107. The molecule has 1 amide bonds. The first-order valence-electron chi connectivity index (χ1n) is 7.68. The third-order valence-corrected chi connectivity index (χ3v) is 4.45. The topological polar surface area (TPSA) is 84.5 Å². The number of benzene rings is 1. The Kier molecular flexibility index (Phi) is 5.31. The number of aryl methyl sites for hydroxylation is 1. The Labute approximate surface area is 137 Å². The van der Waals surface area contributed by atoms with Crippen molar-refractivity contribution in [1.82, 2.24) is 0 Å². The van der Waals surface area contributed by atoms with Crippen LogP contribution in [0.15, 0.2) is 18.2 Å². The Morgan fingerprint density at radius 2 is 2.00 bits per heavy atom. The van der Waals surface area contributed by atoms with Gasteiger partial charge in [0.25, 0.3) is 0 Å². The second-order valence-corrected chi connectivity index (χ2v) is 8.14. The summed E-state index contributed by atoms with van der Waals surface area (Å²) >= 11 is 0. The van der Waals surface area contributed by atoms with Gasteiger partial charge < -0.3 is 10.1 Å². The van der Waals surface area contributed by atoms with Crippen LogP contribution in [0.3, 0.4) is 0 Å². The number of hydrogen-bond acceptors (Lipinski definition) is 4. The minimum Gasteiger partial charge on any atom is -0.377 e. The molecular formula is C16H24N2O4S. The van der Waals surface area contributed by atoms with Crippen LogP contribution in [0.2, 0.25) is 0 Å². The third kappa shape index (κ3) is 4.68. The lowest BCUT2D eigenvalue weighted by Gasteiger charge is -2.22. The molecule has 1 aromatic rings. The highest BCUT2D eigenvalue weighted by atomic mass is 32.2. The maximum absolute atomic E-state index is 12.6. The van der Waals surface area contributed by atoms with Gasteiger partial charge in [-0.05, 0) is 37.0 Å². The Balaban J connectivity index is 2.22. The van der Waals surface area contributed by atoms with Crippen molar-refractivity contribution in [3.63, 3.8) is 0 Å². The van der Waals surface area contributed by atoms with E-state index in [0.717, 1.165) is 11.8 Å². The first-order valence-corrected chi connectivity index (χ1v) is 9.57. The van der Waals surface area contributed by atoms with Gasteiger partial charge in [-0.2, -0.15) is 0 Å². The molecule has 6 nitrogen and oxygen atoms in total. The molecule has 1 aliphatic rings. The van der Waals surface area contributed by atoms with Crippen LogP contribution in [0.5, 0.6) is 0 Å². The maximum atomic E-state index is 12.6. The van der Waals surface area contributed by atoms with Crippen molar-refractivity contribution in [2.24, 2.45) is 11.8 Å². The third-order valence-electron chi connectivity index (χ3n) is 3.86. The average molecular weight is 340 g/mol. The van der Waals surface area contributed by atoms with E-state index in [4.69, 9.17) is 4.74 Å². The van der Waals surface area contributed by atoms with Crippen LogP contribution in [0.25, 0.3) is 0 Å². The standard InChI is InChI=1S/C16H24N2O4S/c1-10(2)15-12(7-8-22-15)16(19)17-14-9-11(3)5-6-13(14)18-23(4,20)21/h5-6,9-10,12,15,18H,7-8H2,1-4H3,(H,17,19)/t12-,15-/m1/s1. The summed E-state index contributed by atoms with van der Waals surface area (Å²) in [6.45, 7) is 6.51. The van der Waals surface area contributed by atoms with Crippen molar-refractivity contribution < 1.29 is 17.9 Å². The molecule has 1 saturated heterocycles. The van der Waals surface area contributed by atoms with E-state index in [0.29, 0.717) is 24.4 Å². The minimum atomic E-state index is -3.42. The van der Waals surface area contributed by atoms with Gasteiger partial charge in [0.1, 0.15) is 0 Å². The molecule has 23 heavy (non-hydrogen) atoms. The summed E-state index contributed by atoms with van der Waals surface area (Å²) in [5, 5.41) is 2.85. The smallest absolute Gasteiger partial charge is 0.230 e. The number of carbonyl (C=O) groups excluding carboxylic acids is 1. The van der Waals surface area contributed by atoms with E-state index in [1.54, 1.807) is 18.2 Å². The number of carbonyl (C=O) groups is 1. The molecule has 0 spiro atoms. The number of amides is 1. The number of ether oxygens (including phenoxy) is 1. The van der Waals surface area contributed by atoms with Crippen molar-refractivity contribution in [3.05, 3.63) is 23.8 Å². The largest absolute Gasteiger partial charge is 0.377 e. The highest BCUT2D eigenvalue weighted by molar-refractivity contribution is 7.92. The molecule has 1 heterocycles. The average Bonchev–Trinajstić information content (AvgIpc) is 2.90. The molecule has 0 bridgehead atoms. The lowest BCUT2D eigenvalue weighted by atomic mass is 9.92. The van der Waals surface area contributed by atoms with E-state index in [1.165, 1.54) is 0 Å². The first-order chi connectivity index (χ1) is 10.7. The summed E-state index contributed by atoms with van der Waals surface area (Å²) in [5.41, 5.74) is 1.77. The molecule has 0 saturated carbocycles. The van der Waals surface area contributed by atoms with E-state index in [2.05, 4.69) is 10.0 Å². The molecule has 0 aliphatic carbocycles. The fourth-order valence-electron chi connectivity index (χ4n) is 2.82. The second-order valence-electron chi connectivity index (χ2n) is 6.39. The Morgan fingerprint density at radius 3 is 2.61 bits per heavy atom. The van der Waals surface area contributed by atoms with Gasteiger partial charge in [-0.25, -0.2) is 8.42 Å². The monoisotopic (exact) mass is 340 g/mol. The molecule has 0 aromatic heterocycles. The molecule has 2 atom stereocenters. The Morgan fingerprint density at radius 1 is 1.30 bits per heavy atom. The summed E-state index contributed by atoms with van der Waals surface area (Å²) in [6.07, 6.45) is 1.65. The van der Waals surface area contributed by atoms with Crippen LogP contribution in [0.4, 0.5) is 11.4 Å². The van der Waals surface area contributed by atoms with Crippen molar-refractivity contribution >= 4 is 27.3 Å². The van der Waals surface area contributed by atoms with Crippen LogP contribution in [0, 0.1) is 18.8 Å². The summed E-state index contributed by atoms with van der Waals surface area (Å²) in [7, 11) is -3.42. The molecule has 7 heteroatoms. The molecule has 0 unspecified atom stereocenters. The molecule has 1 fully saturated rings. The van der Waals surface area contributed by atoms with Crippen LogP contribution >= 0.6 is 0 Å². The number of nitrogens with one attached hydrogen (secondary N) is 2. The van der Waals surface area contributed by atoms with E-state index < -0.39 is 10.0 Å². The highest BCUT2D eigenvalue weighted by Crippen LogP contribution is 2.30. The van der Waals surface area contributed by atoms with Crippen LogP contribution in [0.1, 0.15) is 25.8 Å². The molecule has 0 radical (unpaired) electrons. The van der Waals surface area contributed by atoms with Gasteiger partial charge in [-0.15, -0.1) is 0 Å². The SMILES string of the molecule is Cc1ccc(NS(C)(=O)=O)c(NC(=O)[C@@H]2CCO[C@@H]2C(C)C)c1. The van der Waals surface area contributed by atoms with Crippen molar-refractivity contribution in [3.8, 4) is 0 Å². The van der Waals surface area contributed by atoms with Gasteiger partial charge in [-0.3, -0.25) is 9.52 Å². The number of rotatable bonds is 5. The molecule has 128 valence electrons. The van der Waals surface area contributed by atoms with E-state index >= 15 is 0 Å². The van der Waals surface area contributed by atoms with Crippen molar-refractivity contribution in [2.75, 3.05) is 22.9 Å². The zero-order valence-corrected chi connectivity index (χ0v) is 14.7. The van der Waals surface area contributed by atoms with Gasteiger partial charge in [-0.1, -0.05) is 19.9 Å². The lowest BCUT2D eigenvalue weighted by molar-refractivity contribution is -0.122. The van der Waals surface area contributed by atoms with Gasteiger partial charge in [0.15, 0.2) is 0 Å². The highest BCUT2D eigenvalue weighted by Gasteiger charge is 2.36. The molecule has 1 aromatic carbocycles. The zero-order valence-electron chi connectivity index (χ0n) is 13.9. The fraction of sp³-hybridized carbons (Fsp3) is 0.562. The summed E-state index contributed by atoms with van der Waals surface area (Å²) < 4.78 is 31.0. The molecule has 2 N–H and O–H groups in total. The van der Waals surface area contributed by atoms with E-state index in [-0.39, 0.29) is 23.8 Å². The predicted molar refractivity (Wildman–Crippen MR) is 91.0 cm³/mol. The first kappa shape index (κ1) is 17.7. The molecular weight excluding hydrogens is 316 g/mol. The van der Waals surface area contributed by atoms with Crippen LogP contribution < -0.4 is 10.0 Å². The number of anilines is 2. The zero-order chi connectivity index (χ0) is 17.2. The summed E-state index contributed by atoms with van der Waals surface area (Å²) in [4.78, 5) is 12.6. The van der Waals surface area contributed by atoms with Gasteiger partial charge >= 0.3 is 0 Å². The lowest BCUT2D eigenvalue weighted by Crippen LogP contribution is -2.33. The normalized spacial score (nSPS) is 21.4. The minimum absolute atomic E-state index is 0.105. The number of hydrogen-bond donors (Lipinski definition) is 2. The van der Waals surface area contributed by atoms with Crippen LogP contribution in [-0.4, -0.2) is 33.3 Å². The summed E-state index contributed by atoms with van der Waals surface area (Å²) in [6, 6.07) is 5.20. The predicted octanol–water partition coefficient (Wildman–Crippen LogP) is 2.37. The van der Waals surface area contributed by atoms with Crippen LogP contribution in [-0.2, 0) is 19.6 Å². The molecule has 2 rings (SSSR count). The Bertz CT molecular complexity index is 685. The maximum Gasteiger partial charge on any atom is 0.230 e. The molecule has 1 aliphatic heterocycles. The quantitative estimate of drug-likeness (QED) is 0.862. The van der Waals surface area contributed by atoms with Gasteiger partial charge in [0.05, 0.1) is 29.7 Å². The fourth-order valence-corrected chi connectivity index (χ4v) is 3.40. The van der Waals surface area contributed by atoms with E-state index in [9.17, 15) is 13.2 Å². The van der Waals surface area contributed by atoms with Gasteiger partial charge in [0.2, 0.25) is 15.9 Å². The van der Waals surface area contributed by atoms with Gasteiger partial charge in [0, 0.05) is 6.61 Å². The van der Waals surface area contributed by atoms with Crippen molar-refractivity contribution in [1.29, 1.82) is 0 Å². The second kappa shape index (κ2) is 6.88. The van der Waals surface area contributed by atoms with Crippen molar-refractivity contribution in [2.45, 2.75) is 33.3 Å². The number of sulfonamides is 1. The van der Waals surface area contributed by atoms with E-state index in [1.807, 2.05) is 20.8 Å².